The maximum atomic E-state index is 11.5. The predicted molar refractivity (Wildman–Crippen MR) is 67.3 cm³/mol. The standard InChI is InChI=1S/C13H14N2O2/c1-9(17)12-8-15-13(14-6-7-16)11-5-3-2-4-10(11)12/h2-5,8,16H,6-7H2,1H3,(H,14,15). The van der Waals surface area contributed by atoms with Gasteiger partial charge in [0, 0.05) is 23.7 Å². The number of aliphatic hydroxyl groups is 1. The largest absolute Gasteiger partial charge is 0.395 e. The highest BCUT2D eigenvalue weighted by Crippen LogP contribution is 2.24. The van der Waals surface area contributed by atoms with E-state index in [2.05, 4.69) is 10.3 Å². The van der Waals surface area contributed by atoms with E-state index in [9.17, 15) is 4.79 Å². The van der Waals surface area contributed by atoms with Crippen LogP contribution in [0.15, 0.2) is 30.5 Å². The van der Waals surface area contributed by atoms with Crippen molar-refractivity contribution in [3.05, 3.63) is 36.0 Å². The lowest BCUT2D eigenvalue weighted by atomic mass is 10.0. The van der Waals surface area contributed by atoms with Crippen molar-refractivity contribution in [2.45, 2.75) is 6.92 Å². The van der Waals surface area contributed by atoms with Crippen LogP contribution in [0.25, 0.3) is 10.8 Å². The fraction of sp³-hybridized carbons (Fsp3) is 0.231. The number of hydrogen-bond acceptors (Lipinski definition) is 4. The van der Waals surface area contributed by atoms with E-state index in [4.69, 9.17) is 5.11 Å². The highest BCUT2D eigenvalue weighted by Gasteiger charge is 2.09. The third kappa shape index (κ3) is 2.26. The van der Waals surface area contributed by atoms with E-state index in [-0.39, 0.29) is 12.4 Å². The monoisotopic (exact) mass is 230 g/mol. The van der Waals surface area contributed by atoms with Crippen molar-refractivity contribution in [1.29, 1.82) is 0 Å². The average Bonchev–Trinajstić information content (AvgIpc) is 2.35. The number of aromatic nitrogens is 1. The lowest BCUT2D eigenvalue weighted by Gasteiger charge is -2.09. The van der Waals surface area contributed by atoms with Crippen LogP contribution in [0.5, 0.6) is 0 Å². The van der Waals surface area contributed by atoms with Crippen molar-refractivity contribution < 1.29 is 9.90 Å². The number of nitrogens with one attached hydrogen (secondary N) is 1. The summed E-state index contributed by atoms with van der Waals surface area (Å²) in [5, 5.41) is 13.6. The molecule has 0 aliphatic rings. The van der Waals surface area contributed by atoms with Crippen molar-refractivity contribution in [3.8, 4) is 0 Å². The molecule has 0 saturated heterocycles. The third-order valence-electron chi connectivity index (χ3n) is 2.58. The van der Waals surface area contributed by atoms with Gasteiger partial charge in [-0.2, -0.15) is 0 Å². The van der Waals surface area contributed by atoms with E-state index in [1.807, 2.05) is 24.3 Å². The molecule has 0 atom stereocenters. The molecule has 1 heterocycles. The van der Waals surface area contributed by atoms with Gasteiger partial charge in [0.15, 0.2) is 5.78 Å². The smallest absolute Gasteiger partial charge is 0.161 e. The van der Waals surface area contributed by atoms with Gasteiger partial charge in [-0.1, -0.05) is 24.3 Å². The van der Waals surface area contributed by atoms with Crippen LogP contribution in [0.3, 0.4) is 0 Å². The summed E-state index contributed by atoms with van der Waals surface area (Å²) in [5.41, 5.74) is 0.621. The molecule has 0 fully saturated rings. The molecular weight excluding hydrogens is 216 g/mol. The molecule has 0 bridgehead atoms. The molecule has 4 nitrogen and oxygen atoms in total. The van der Waals surface area contributed by atoms with Crippen molar-refractivity contribution in [2.24, 2.45) is 0 Å². The van der Waals surface area contributed by atoms with Gasteiger partial charge in [0.25, 0.3) is 0 Å². The number of carbonyl (C=O) groups excluding carboxylic acids is 1. The van der Waals surface area contributed by atoms with E-state index in [0.717, 1.165) is 10.8 Å². The molecule has 88 valence electrons. The lowest BCUT2D eigenvalue weighted by molar-refractivity contribution is 0.101. The Balaban J connectivity index is 2.58. The zero-order chi connectivity index (χ0) is 12.3. The highest BCUT2D eigenvalue weighted by molar-refractivity contribution is 6.09. The van der Waals surface area contributed by atoms with Crippen molar-refractivity contribution in [2.75, 3.05) is 18.5 Å². The summed E-state index contributed by atoms with van der Waals surface area (Å²) in [6.07, 6.45) is 1.57. The first-order valence-corrected chi connectivity index (χ1v) is 5.47. The van der Waals surface area contributed by atoms with Crippen LogP contribution in [-0.4, -0.2) is 29.0 Å². The molecule has 1 aromatic carbocycles. The highest BCUT2D eigenvalue weighted by atomic mass is 16.3. The molecule has 2 rings (SSSR count). The van der Waals surface area contributed by atoms with Crippen molar-refractivity contribution in [1.82, 2.24) is 4.98 Å². The molecule has 2 aromatic rings. The lowest BCUT2D eigenvalue weighted by Crippen LogP contribution is -2.08. The van der Waals surface area contributed by atoms with Crippen LogP contribution in [0.4, 0.5) is 5.82 Å². The number of anilines is 1. The number of rotatable bonds is 4. The van der Waals surface area contributed by atoms with Crippen LogP contribution in [0.1, 0.15) is 17.3 Å². The second-order valence-electron chi connectivity index (χ2n) is 3.77. The molecule has 0 aliphatic carbocycles. The Hall–Kier alpha value is -1.94. The van der Waals surface area contributed by atoms with Gasteiger partial charge in [-0.05, 0) is 12.3 Å². The SMILES string of the molecule is CC(=O)c1cnc(NCCO)c2ccccc12. The van der Waals surface area contributed by atoms with Crippen molar-refractivity contribution >= 4 is 22.4 Å². The van der Waals surface area contributed by atoms with Crippen LogP contribution < -0.4 is 5.32 Å². The van der Waals surface area contributed by atoms with Gasteiger partial charge in [-0.3, -0.25) is 4.79 Å². The van der Waals surface area contributed by atoms with Crippen LogP contribution in [0.2, 0.25) is 0 Å². The maximum absolute atomic E-state index is 11.5. The summed E-state index contributed by atoms with van der Waals surface area (Å²) in [7, 11) is 0. The minimum atomic E-state index is 0.00223. The normalized spacial score (nSPS) is 10.5. The quantitative estimate of drug-likeness (QED) is 0.787. The Morgan fingerprint density at radius 2 is 2.06 bits per heavy atom. The molecule has 4 heteroatoms. The summed E-state index contributed by atoms with van der Waals surface area (Å²) in [6.45, 7) is 2.02. The molecular formula is C13H14N2O2. The third-order valence-corrected chi connectivity index (χ3v) is 2.58. The zero-order valence-electron chi connectivity index (χ0n) is 9.60. The van der Waals surface area contributed by atoms with Gasteiger partial charge in [0.1, 0.15) is 5.82 Å². The number of hydrogen-bond donors (Lipinski definition) is 2. The maximum Gasteiger partial charge on any atom is 0.161 e. The van der Waals surface area contributed by atoms with E-state index >= 15 is 0 Å². The molecule has 0 amide bonds. The van der Waals surface area contributed by atoms with E-state index in [0.29, 0.717) is 17.9 Å². The summed E-state index contributed by atoms with van der Waals surface area (Å²) in [4.78, 5) is 15.7. The van der Waals surface area contributed by atoms with Crippen LogP contribution in [0, 0.1) is 0 Å². The second-order valence-corrected chi connectivity index (χ2v) is 3.77. The summed E-state index contributed by atoms with van der Waals surface area (Å²) < 4.78 is 0. The Morgan fingerprint density at radius 1 is 1.35 bits per heavy atom. The fourth-order valence-electron chi connectivity index (χ4n) is 1.79. The van der Waals surface area contributed by atoms with Crippen molar-refractivity contribution in [3.63, 3.8) is 0 Å². The Kier molecular flexibility index (Phi) is 3.35. The average molecular weight is 230 g/mol. The number of carbonyl (C=O) groups is 1. The number of nitrogens with zero attached hydrogens (tertiary/aromatic N) is 1. The first-order valence-electron chi connectivity index (χ1n) is 5.47. The van der Waals surface area contributed by atoms with Gasteiger partial charge in [-0.25, -0.2) is 4.98 Å². The summed E-state index contributed by atoms with van der Waals surface area (Å²) in [6, 6.07) is 7.61. The molecule has 0 spiro atoms. The van der Waals surface area contributed by atoms with E-state index in [1.54, 1.807) is 6.20 Å². The minimum Gasteiger partial charge on any atom is -0.395 e. The Bertz CT molecular complexity index is 552. The van der Waals surface area contributed by atoms with Crippen LogP contribution in [-0.2, 0) is 0 Å². The van der Waals surface area contributed by atoms with Gasteiger partial charge in [0.2, 0.25) is 0 Å². The van der Waals surface area contributed by atoms with Gasteiger partial charge >= 0.3 is 0 Å². The van der Waals surface area contributed by atoms with E-state index in [1.165, 1.54) is 6.92 Å². The van der Waals surface area contributed by atoms with Gasteiger partial charge in [0.05, 0.1) is 6.61 Å². The number of pyridine rings is 1. The number of fused-ring (bicyclic) bond motifs is 1. The van der Waals surface area contributed by atoms with Crippen LogP contribution >= 0.6 is 0 Å². The number of aliphatic hydroxyl groups excluding tert-OH is 1. The first-order chi connectivity index (χ1) is 8.24. The molecule has 1 aromatic heterocycles. The molecule has 0 aliphatic heterocycles. The molecule has 0 saturated carbocycles. The summed E-state index contributed by atoms with van der Waals surface area (Å²) in [5.74, 6) is 0.696. The van der Waals surface area contributed by atoms with Gasteiger partial charge < -0.3 is 10.4 Å². The van der Waals surface area contributed by atoms with E-state index < -0.39 is 0 Å². The molecule has 17 heavy (non-hydrogen) atoms. The predicted octanol–water partition coefficient (Wildman–Crippen LogP) is 1.84. The molecule has 0 unspecified atom stereocenters. The zero-order valence-corrected chi connectivity index (χ0v) is 9.60. The number of ketones is 1. The second kappa shape index (κ2) is 4.93. The summed E-state index contributed by atoms with van der Waals surface area (Å²) >= 11 is 0. The minimum absolute atomic E-state index is 0.00223. The fourth-order valence-corrected chi connectivity index (χ4v) is 1.79. The molecule has 2 N–H and O–H groups in total. The topological polar surface area (TPSA) is 62.2 Å². The number of Topliss-reactive ketones (excluding diaryl/α,β-unsaturated/α-hetero) is 1. The Labute approximate surface area is 99.3 Å². The number of benzene rings is 1. The van der Waals surface area contributed by atoms with Gasteiger partial charge in [-0.15, -0.1) is 0 Å². The first kappa shape index (κ1) is 11.5. The Morgan fingerprint density at radius 3 is 2.71 bits per heavy atom. The molecule has 0 radical (unpaired) electrons.